The fraction of sp³-hybridized carbons (Fsp3) is 0.588. The van der Waals surface area contributed by atoms with Gasteiger partial charge >= 0.3 is 5.97 Å². The number of para-hydroxylation sites is 1. The van der Waals surface area contributed by atoms with Crippen LogP contribution in [0.3, 0.4) is 0 Å². The standard InChI is InChI=1S/C17H24O4/c1-3-17(18)21-16-11-7-5-9-14(16)13-8-4-6-10-15(13)20-12-19-2/h4,6,8,10,14,16H,3,5,7,9,11-12H2,1-2H3/t14-,16+/m1/s1. The minimum absolute atomic E-state index is 0.0431. The number of esters is 1. The molecule has 2 rings (SSSR count). The minimum atomic E-state index is -0.123. The lowest BCUT2D eigenvalue weighted by atomic mass is 9.81. The van der Waals surface area contributed by atoms with Crippen molar-refractivity contribution in [3.8, 4) is 5.75 Å². The molecule has 1 aliphatic rings. The summed E-state index contributed by atoms with van der Waals surface area (Å²) in [6.07, 6.45) is 4.59. The maximum atomic E-state index is 11.6. The Kier molecular flexibility index (Phi) is 6.05. The van der Waals surface area contributed by atoms with Gasteiger partial charge < -0.3 is 14.2 Å². The van der Waals surface area contributed by atoms with Crippen molar-refractivity contribution in [3.63, 3.8) is 0 Å². The van der Waals surface area contributed by atoms with Crippen molar-refractivity contribution in [1.82, 2.24) is 0 Å². The molecule has 1 fully saturated rings. The van der Waals surface area contributed by atoms with Crippen LogP contribution in [0.5, 0.6) is 5.75 Å². The van der Waals surface area contributed by atoms with Crippen LogP contribution >= 0.6 is 0 Å². The Morgan fingerprint density at radius 1 is 1.24 bits per heavy atom. The Morgan fingerprint density at radius 3 is 2.76 bits per heavy atom. The van der Waals surface area contributed by atoms with E-state index >= 15 is 0 Å². The van der Waals surface area contributed by atoms with Gasteiger partial charge in [0.15, 0.2) is 6.79 Å². The van der Waals surface area contributed by atoms with Crippen LogP contribution in [0.25, 0.3) is 0 Å². The van der Waals surface area contributed by atoms with Crippen LogP contribution in [0.4, 0.5) is 0 Å². The number of carbonyl (C=O) groups is 1. The smallest absolute Gasteiger partial charge is 0.305 e. The van der Waals surface area contributed by atoms with Crippen molar-refractivity contribution in [1.29, 1.82) is 0 Å². The van der Waals surface area contributed by atoms with Crippen molar-refractivity contribution >= 4 is 5.97 Å². The monoisotopic (exact) mass is 292 g/mol. The van der Waals surface area contributed by atoms with Crippen LogP contribution in [-0.4, -0.2) is 26.0 Å². The van der Waals surface area contributed by atoms with Crippen molar-refractivity contribution in [2.45, 2.75) is 51.0 Å². The largest absolute Gasteiger partial charge is 0.467 e. The summed E-state index contributed by atoms with van der Waals surface area (Å²) in [4.78, 5) is 11.6. The first-order valence-electron chi connectivity index (χ1n) is 7.66. The summed E-state index contributed by atoms with van der Waals surface area (Å²) >= 11 is 0. The molecule has 21 heavy (non-hydrogen) atoms. The molecule has 2 atom stereocenters. The van der Waals surface area contributed by atoms with Gasteiger partial charge in [-0.2, -0.15) is 0 Å². The zero-order valence-corrected chi connectivity index (χ0v) is 12.8. The third kappa shape index (κ3) is 4.21. The van der Waals surface area contributed by atoms with E-state index in [2.05, 4.69) is 6.07 Å². The molecule has 116 valence electrons. The molecule has 1 aromatic rings. The average molecular weight is 292 g/mol. The molecule has 1 saturated carbocycles. The highest BCUT2D eigenvalue weighted by Gasteiger charge is 2.31. The van der Waals surface area contributed by atoms with E-state index in [0.29, 0.717) is 6.42 Å². The number of benzene rings is 1. The van der Waals surface area contributed by atoms with Gasteiger partial charge in [-0.25, -0.2) is 0 Å². The summed E-state index contributed by atoms with van der Waals surface area (Å²) < 4.78 is 16.3. The number of carbonyl (C=O) groups excluding carboxylic acids is 1. The maximum absolute atomic E-state index is 11.6. The van der Waals surface area contributed by atoms with E-state index in [4.69, 9.17) is 14.2 Å². The van der Waals surface area contributed by atoms with Crippen LogP contribution in [-0.2, 0) is 14.3 Å². The lowest BCUT2D eigenvalue weighted by molar-refractivity contribution is -0.151. The summed E-state index contributed by atoms with van der Waals surface area (Å²) in [7, 11) is 1.61. The molecule has 1 aromatic carbocycles. The summed E-state index contributed by atoms with van der Waals surface area (Å²) in [6.45, 7) is 2.05. The zero-order chi connectivity index (χ0) is 15.1. The molecular formula is C17H24O4. The molecule has 4 nitrogen and oxygen atoms in total. The Bertz CT molecular complexity index is 458. The summed E-state index contributed by atoms with van der Waals surface area (Å²) in [5, 5.41) is 0. The normalized spacial score (nSPS) is 21.8. The fourth-order valence-corrected chi connectivity index (χ4v) is 2.89. The van der Waals surface area contributed by atoms with Crippen molar-refractivity contribution < 1.29 is 19.0 Å². The highest BCUT2D eigenvalue weighted by molar-refractivity contribution is 5.69. The first kappa shape index (κ1) is 15.8. The number of hydrogen-bond acceptors (Lipinski definition) is 4. The van der Waals surface area contributed by atoms with Gasteiger partial charge in [-0.1, -0.05) is 31.5 Å². The van der Waals surface area contributed by atoms with Gasteiger partial charge in [0.2, 0.25) is 0 Å². The van der Waals surface area contributed by atoms with Gasteiger partial charge in [0.1, 0.15) is 11.9 Å². The summed E-state index contributed by atoms with van der Waals surface area (Å²) in [5.74, 6) is 0.910. The third-order valence-corrected chi connectivity index (χ3v) is 3.92. The zero-order valence-electron chi connectivity index (χ0n) is 12.8. The van der Waals surface area contributed by atoms with E-state index in [0.717, 1.165) is 37.0 Å². The van der Waals surface area contributed by atoms with Gasteiger partial charge in [-0.05, 0) is 25.3 Å². The van der Waals surface area contributed by atoms with Crippen molar-refractivity contribution in [3.05, 3.63) is 29.8 Å². The SMILES string of the molecule is CCC(=O)O[C@H]1CCCC[C@@H]1c1ccccc1OCOC. The summed E-state index contributed by atoms with van der Waals surface area (Å²) in [5.41, 5.74) is 1.11. The van der Waals surface area contributed by atoms with Crippen LogP contribution in [0.1, 0.15) is 50.5 Å². The lowest BCUT2D eigenvalue weighted by Crippen LogP contribution is -2.28. The molecule has 0 unspecified atom stereocenters. The lowest BCUT2D eigenvalue weighted by Gasteiger charge is -2.32. The molecule has 0 spiro atoms. The number of hydrogen-bond donors (Lipinski definition) is 0. The van der Waals surface area contributed by atoms with E-state index in [-0.39, 0.29) is 24.8 Å². The molecule has 1 aliphatic carbocycles. The summed E-state index contributed by atoms with van der Waals surface area (Å²) in [6, 6.07) is 7.96. The second kappa shape index (κ2) is 8.03. The van der Waals surface area contributed by atoms with Crippen molar-refractivity contribution in [2.24, 2.45) is 0 Å². The molecule has 0 aromatic heterocycles. The van der Waals surface area contributed by atoms with Crippen LogP contribution in [0.15, 0.2) is 24.3 Å². The first-order chi connectivity index (χ1) is 10.3. The molecule has 0 heterocycles. The molecule has 4 heteroatoms. The average Bonchev–Trinajstić information content (AvgIpc) is 2.53. The predicted molar refractivity (Wildman–Crippen MR) is 80.3 cm³/mol. The van der Waals surface area contributed by atoms with E-state index < -0.39 is 0 Å². The predicted octanol–water partition coefficient (Wildman–Crippen LogP) is 3.65. The quantitative estimate of drug-likeness (QED) is 0.593. The molecule has 0 N–H and O–H groups in total. The second-order valence-electron chi connectivity index (χ2n) is 5.36. The Labute approximate surface area is 126 Å². The number of rotatable bonds is 6. The number of ether oxygens (including phenoxy) is 3. The second-order valence-corrected chi connectivity index (χ2v) is 5.36. The first-order valence-corrected chi connectivity index (χ1v) is 7.66. The Balaban J connectivity index is 2.18. The molecule has 0 saturated heterocycles. The highest BCUT2D eigenvalue weighted by atomic mass is 16.7. The van der Waals surface area contributed by atoms with E-state index in [1.165, 1.54) is 0 Å². The van der Waals surface area contributed by atoms with Crippen molar-refractivity contribution in [2.75, 3.05) is 13.9 Å². The minimum Gasteiger partial charge on any atom is -0.467 e. The van der Waals surface area contributed by atoms with E-state index in [9.17, 15) is 4.79 Å². The molecule has 0 radical (unpaired) electrons. The number of methoxy groups -OCH3 is 1. The fourth-order valence-electron chi connectivity index (χ4n) is 2.89. The van der Waals surface area contributed by atoms with Crippen LogP contribution in [0, 0.1) is 0 Å². The third-order valence-electron chi connectivity index (χ3n) is 3.92. The molecule has 0 amide bonds. The van der Waals surface area contributed by atoms with Gasteiger partial charge in [0.05, 0.1) is 0 Å². The van der Waals surface area contributed by atoms with Gasteiger partial charge in [-0.15, -0.1) is 0 Å². The van der Waals surface area contributed by atoms with E-state index in [1.54, 1.807) is 7.11 Å². The van der Waals surface area contributed by atoms with Crippen LogP contribution in [0.2, 0.25) is 0 Å². The molecule has 0 aliphatic heterocycles. The highest BCUT2D eigenvalue weighted by Crippen LogP contribution is 2.39. The van der Waals surface area contributed by atoms with E-state index in [1.807, 2.05) is 25.1 Å². The van der Waals surface area contributed by atoms with Gasteiger partial charge in [0.25, 0.3) is 0 Å². The van der Waals surface area contributed by atoms with Gasteiger partial charge in [0, 0.05) is 25.0 Å². The molecular weight excluding hydrogens is 268 g/mol. The Morgan fingerprint density at radius 2 is 2.00 bits per heavy atom. The Hall–Kier alpha value is -1.55. The molecule has 0 bridgehead atoms. The maximum Gasteiger partial charge on any atom is 0.305 e. The van der Waals surface area contributed by atoms with Gasteiger partial charge in [-0.3, -0.25) is 4.79 Å². The topological polar surface area (TPSA) is 44.8 Å². The van der Waals surface area contributed by atoms with Crippen LogP contribution < -0.4 is 4.74 Å².